The first-order chi connectivity index (χ1) is 9.67. The summed E-state index contributed by atoms with van der Waals surface area (Å²) in [4.78, 5) is 0. The van der Waals surface area contributed by atoms with Crippen molar-refractivity contribution in [1.29, 1.82) is 0 Å². The second kappa shape index (κ2) is 5.40. The first-order valence-corrected chi connectivity index (χ1v) is 7.61. The number of halogens is 2. The Labute approximate surface area is 129 Å². The smallest absolute Gasteiger partial charge is 0.0595 e. The summed E-state index contributed by atoms with van der Waals surface area (Å²) < 4.78 is 0. The van der Waals surface area contributed by atoms with Gasteiger partial charge in [-0.2, -0.15) is 0 Å². The van der Waals surface area contributed by atoms with Crippen LogP contribution in [0, 0.1) is 0 Å². The van der Waals surface area contributed by atoms with Gasteiger partial charge in [0.2, 0.25) is 0 Å². The van der Waals surface area contributed by atoms with Gasteiger partial charge in [-0.1, -0.05) is 59.6 Å². The summed E-state index contributed by atoms with van der Waals surface area (Å²) in [6, 6.07) is 16.9. The van der Waals surface area contributed by atoms with Gasteiger partial charge in [0, 0.05) is 11.5 Å². The quantitative estimate of drug-likeness (QED) is 0.839. The van der Waals surface area contributed by atoms with Crippen LogP contribution in [0.5, 0.6) is 0 Å². The number of rotatable bonds is 4. The van der Waals surface area contributed by atoms with Crippen LogP contribution in [0.15, 0.2) is 48.5 Å². The summed E-state index contributed by atoms with van der Waals surface area (Å²) in [7, 11) is 2.01. The summed E-state index contributed by atoms with van der Waals surface area (Å²) in [5.41, 5.74) is 2.78. The van der Waals surface area contributed by atoms with Crippen molar-refractivity contribution in [2.45, 2.75) is 24.3 Å². The number of likely N-dealkylation sites (N-methyl/N-ethyl adjacent to an activating group) is 1. The fourth-order valence-electron chi connectivity index (χ4n) is 3.10. The van der Waals surface area contributed by atoms with E-state index in [0.717, 1.165) is 0 Å². The highest BCUT2D eigenvalue weighted by atomic mass is 35.5. The highest BCUT2D eigenvalue weighted by Gasteiger charge is 2.50. The number of hydrogen-bond donors (Lipinski definition) is 1. The van der Waals surface area contributed by atoms with Crippen molar-refractivity contribution in [3.05, 3.63) is 69.7 Å². The fraction of sp³-hybridized carbons (Fsp3) is 0.294. The molecule has 1 atom stereocenters. The SMILES string of the molecule is CNC(c1ccc(Cl)c(Cl)c1)C1(c2ccccc2)CC1. The van der Waals surface area contributed by atoms with Gasteiger partial charge in [0.1, 0.15) is 0 Å². The Hall–Kier alpha value is -1.02. The Morgan fingerprint density at radius 3 is 2.25 bits per heavy atom. The van der Waals surface area contributed by atoms with Crippen LogP contribution in [-0.4, -0.2) is 7.05 Å². The van der Waals surface area contributed by atoms with Crippen LogP contribution in [0.25, 0.3) is 0 Å². The van der Waals surface area contributed by atoms with E-state index in [-0.39, 0.29) is 11.5 Å². The molecule has 3 heteroatoms. The molecule has 1 nitrogen and oxygen atoms in total. The third-order valence-electron chi connectivity index (χ3n) is 4.26. The van der Waals surface area contributed by atoms with Crippen molar-refractivity contribution >= 4 is 23.2 Å². The normalized spacial score (nSPS) is 17.8. The lowest BCUT2D eigenvalue weighted by atomic mass is 9.84. The lowest BCUT2D eigenvalue weighted by Gasteiger charge is -2.28. The molecule has 0 amide bonds. The molecule has 0 aromatic heterocycles. The molecule has 1 saturated carbocycles. The summed E-state index contributed by atoms with van der Waals surface area (Å²) in [6.45, 7) is 0. The van der Waals surface area contributed by atoms with Gasteiger partial charge in [0.05, 0.1) is 10.0 Å². The summed E-state index contributed by atoms with van der Waals surface area (Å²) in [6.07, 6.45) is 2.39. The number of hydrogen-bond acceptors (Lipinski definition) is 1. The molecule has 20 heavy (non-hydrogen) atoms. The second-order valence-electron chi connectivity index (χ2n) is 5.42. The molecule has 0 heterocycles. The monoisotopic (exact) mass is 305 g/mol. The summed E-state index contributed by atoms with van der Waals surface area (Å²) in [5.74, 6) is 0. The molecule has 1 aliphatic rings. The van der Waals surface area contributed by atoms with E-state index in [2.05, 4.69) is 41.7 Å². The van der Waals surface area contributed by atoms with Crippen molar-refractivity contribution < 1.29 is 0 Å². The van der Waals surface area contributed by atoms with Crippen molar-refractivity contribution in [3.8, 4) is 0 Å². The van der Waals surface area contributed by atoms with E-state index in [1.54, 1.807) is 0 Å². The average molecular weight is 306 g/mol. The molecule has 1 fully saturated rings. The van der Waals surface area contributed by atoms with E-state index in [1.165, 1.54) is 24.0 Å². The lowest BCUT2D eigenvalue weighted by Crippen LogP contribution is -2.29. The Balaban J connectivity index is 2.00. The van der Waals surface area contributed by atoms with E-state index in [0.29, 0.717) is 10.0 Å². The fourth-order valence-corrected chi connectivity index (χ4v) is 3.41. The second-order valence-corrected chi connectivity index (χ2v) is 6.23. The molecule has 0 spiro atoms. The van der Waals surface area contributed by atoms with Gasteiger partial charge in [0.15, 0.2) is 0 Å². The van der Waals surface area contributed by atoms with Crippen LogP contribution < -0.4 is 5.32 Å². The van der Waals surface area contributed by atoms with E-state index < -0.39 is 0 Å². The Morgan fingerprint density at radius 1 is 1.00 bits per heavy atom. The zero-order valence-electron chi connectivity index (χ0n) is 11.4. The minimum absolute atomic E-state index is 0.188. The van der Waals surface area contributed by atoms with Gasteiger partial charge in [-0.25, -0.2) is 0 Å². The maximum Gasteiger partial charge on any atom is 0.0595 e. The molecule has 1 aliphatic carbocycles. The van der Waals surface area contributed by atoms with Crippen LogP contribution in [0.3, 0.4) is 0 Å². The minimum Gasteiger partial charge on any atom is -0.312 e. The molecule has 2 aromatic rings. The highest BCUT2D eigenvalue weighted by Crippen LogP contribution is 2.56. The largest absolute Gasteiger partial charge is 0.312 e. The van der Waals surface area contributed by atoms with Crippen LogP contribution in [0.1, 0.15) is 30.0 Å². The van der Waals surface area contributed by atoms with Gasteiger partial charge in [0.25, 0.3) is 0 Å². The third kappa shape index (κ3) is 2.35. The molecule has 0 bridgehead atoms. The van der Waals surface area contributed by atoms with Crippen molar-refractivity contribution in [2.75, 3.05) is 7.05 Å². The topological polar surface area (TPSA) is 12.0 Å². The van der Waals surface area contributed by atoms with Crippen LogP contribution in [0.2, 0.25) is 10.0 Å². The predicted molar refractivity (Wildman–Crippen MR) is 85.6 cm³/mol. The molecule has 0 aliphatic heterocycles. The molecule has 2 aromatic carbocycles. The lowest BCUT2D eigenvalue weighted by molar-refractivity contribution is 0.463. The van der Waals surface area contributed by atoms with E-state index in [4.69, 9.17) is 23.2 Å². The molecule has 1 N–H and O–H groups in total. The zero-order valence-corrected chi connectivity index (χ0v) is 12.9. The third-order valence-corrected chi connectivity index (χ3v) is 4.99. The van der Waals surface area contributed by atoms with Gasteiger partial charge in [-0.3, -0.25) is 0 Å². The zero-order chi connectivity index (χ0) is 14.2. The molecular weight excluding hydrogens is 289 g/mol. The summed E-state index contributed by atoms with van der Waals surface area (Å²) >= 11 is 12.2. The molecule has 0 saturated heterocycles. The minimum atomic E-state index is 0.188. The molecule has 1 unspecified atom stereocenters. The standard InChI is InChI=1S/C17H17Cl2N/c1-20-16(12-7-8-14(18)15(19)11-12)17(9-10-17)13-5-3-2-4-6-13/h2-8,11,16,20H,9-10H2,1H3. The van der Waals surface area contributed by atoms with Gasteiger partial charge in [-0.15, -0.1) is 0 Å². The first-order valence-electron chi connectivity index (χ1n) is 6.85. The number of benzene rings is 2. The van der Waals surface area contributed by atoms with Crippen molar-refractivity contribution in [2.24, 2.45) is 0 Å². The maximum absolute atomic E-state index is 6.17. The predicted octanol–water partition coefficient (Wildman–Crippen LogP) is 4.99. The average Bonchev–Trinajstić information content (AvgIpc) is 3.26. The van der Waals surface area contributed by atoms with Gasteiger partial charge in [-0.05, 0) is 43.1 Å². The van der Waals surface area contributed by atoms with Gasteiger partial charge < -0.3 is 5.32 Å². The van der Waals surface area contributed by atoms with Crippen molar-refractivity contribution in [1.82, 2.24) is 5.32 Å². The molecule has 0 radical (unpaired) electrons. The highest BCUT2D eigenvalue weighted by molar-refractivity contribution is 6.42. The maximum atomic E-state index is 6.17. The molecule has 104 valence electrons. The Kier molecular flexibility index (Phi) is 3.76. The van der Waals surface area contributed by atoms with Crippen LogP contribution >= 0.6 is 23.2 Å². The number of nitrogens with one attached hydrogen (secondary N) is 1. The van der Waals surface area contributed by atoms with E-state index >= 15 is 0 Å². The van der Waals surface area contributed by atoms with E-state index in [9.17, 15) is 0 Å². The van der Waals surface area contributed by atoms with Crippen LogP contribution in [-0.2, 0) is 5.41 Å². The van der Waals surface area contributed by atoms with Gasteiger partial charge >= 0.3 is 0 Å². The van der Waals surface area contributed by atoms with E-state index in [1.807, 2.05) is 19.2 Å². The van der Waals surface area contributed by atoms with Crippen LogP contribution in [0.4, 0.5) is 0 Å². The molecule has 3 rings (SSSR count). The van der Waals surface area contributed by atoms with Crippen molar-refractivity contribution in [3.63, 3.8) is 0 Å². The Morgan fingerprint density at radius 2 is 1.70 bits per heavy atom. The first kappa shape index (κ1) is 13.9. The molecular formula is C17H17Cl2N. The summed E-state index contributed by atoms with van der Waals surface area (Å²) in [5, 5.41) is 4.69. The Bertz CT molecular complexity index is 606.